The summed E-state index contributed by atoms with van der Waals surface area (Å²) in [6, 6.07) is 11.4. The SMILES string of the molecule is CS(=O)(=O)c1ccc(N2C(=O)c3ccccc3C2=O)cc1N1CCCCCC1. The molecule has 0 atom stereocenters. The maximum atomic E-state index is 12.8. The Labute approximate surface area is 164 Å². The minimum absolute atomic E-state index is 0.231. The van der Waals surface area contributed by atoms with Crippen LogP contribution >= 0.6 is 0 Å². The van der Waals surface area contributed by atoms with Crippen LogP contribution in [0.5, 0.6) is 0 Å². The van der Waals surface area contributed by atoms with Crippen molar-refractivity contribution >= 4 is 33.0 Å². The van der Waals surface area contributed by atoms with Crippen LogP contribution in [0.25, 0.3) is 0 Å². The highest BCUT2D eigenvalue weighted by molar-refractivity contribution is 7.90. The van der Waals surface area contributed by atoms with Gasteiger partial charge in [0.1, 0.15) is 0 Å². The van der Waals surface area contributed by atoms with Crippen molar-refractivity contribution in [3.05, 3.63) is 53.6 Å². The standard InChI is InChI=1S/C21H22N2O4S/c1-28(26,27)19-11-10-15(14-18(19)22-12-6-2-3-7-13-22)23-20(24)16-8-4-5-9-17(16)21(23)25/h4-5,8-11,14H,2-3,6-7,12-13H2,1H3. The Morgan fingerprint density at radius 2 is 1.39 bits per heavy atom. The number of carbonyl (C=O) groups is 2. The van der Waals surface area contributed by atoms with Crippen LogP contribution in [0, 0.1) is 0 Å². The largest absolute Gasteiger partial charge is 0.370 e. The Kier molecular flexibility index (Phi) is 4.71. The zero-order chi connectivity index (χ0) is 19.9. The third-order valence-corrected chi connectivity index (χ3v) is 6.49. The number of nitrogens with zero attached hydrogens (tertiary/aromatic N) is 2. The topological polar surface area (TPSA) is 74.8 Å². The first kappa shape index (κ1) is 18.7. The second kappa shape index (κ2) is 7.05. The van der Waals surface area contributed by atoms with Crippen molar-refractivity contribution in [2.24, 2.45) is 0 Å². The number of benzene rings is 2. The van der Waals surface area contributed by atoms with Crippen LogP contribution in [0.4, 0.5) is 11.4 Å². The van der Waals surface area contributed by atoms with Gasteiger partial charge in [-0.3, -0.25) is 9.59 Å². The van der Waals surface area contributed by atoms with Crippen LogP contribution in [0.1, 0.15) is 46.4 Å². The van der Waals surface area contributed by atoms with E-state index in [0.717, 1.165) is 43.7 Å². The summed E-state index contributed by atoms with van der Waals surface area (Å²) in [5.74, 6) is -0.760. The molecule has 1 fully saturated rings. The molecule has 0 bridgehead atoms. The van der Waals surface area contributed by atoms with E-state index in [2.05, 4.69) is 4.90 Å². The summed E-state index contributed by atoms with van der Waals surface area (Å²) in [5.41, 5.74) is 1.71. The smallest absolute Gasteiger partial charge is 0.266 e. The predicted octanol–water partition coefficient (Wildman–Crippen LogP) is 3.27. The van der Waals surface area contributed by atoms with Gasteiger partial charge >= 0.3 is 0 Å². The molecule has 6 nitrogen and oxygen atoms in total. The number of hydrogen-bond donors (Lipinski definition) is 0. The number of amides is 2. The minimum Gasteiger partial charge on any atom is -0.370 e. The summed E-state index contributed by atoms with van der Waals surface area (Å²) in [5, 5.41) is 0. The molecule has 146 valence electrons. The van der Waals surface area contributed by atoms with Gasteiger partial charge < -0.3 is 4.90 Å². The summed E-state index contributed by atoms with van der Waals surface area (Å²) >= 11 is 0. The second-order valence-corrected chi connectivity index (χ2v) is 9.30. The lowest BCUT2D eigenvalue weighted by Crippen LogP contribution is -2.30. The quantitative estimate of drug-likeness (QED) is 0.742. The normalized spacial score (nSPS) is 17.6. The summed E-state index contributed by atoms with van der Waals surface area (Å²) in [6.07, 6.45) is 5.39. The molecule has 2 amide bonds. The summed E-state index contributed by atoms with van der Waals surface area (Å²) in [7, 11) is -3.45. The number of sulfone groups is 1. The fraction of sp³-hybridized carbons (Fsp3) is 0.333. The fourth-order valence-corrected chi connectivity index (χ4v) is 4.82. The first-order chi connectivity index (χ1) is 13.4. The molecule has 2 aliphatic heterocycles. The van der Waals surface area contributed by atoms with E-state index in [4.69, 9.17) is 0 Å². The molecular formula is C21H22N2O4S. The van der Waals surface area contributed by atoms with E-state index in [0.29, 0.717) is 22.5 Å². The fourth-order valence-electron chi connectivity index (χ4n) is 3.94. The van der Waals surface area contributed by atoms with E-state index in [1.807, 2.05) is 0 Å². The molecular weight excluding hydrogens is 376 g/mol. The monoisotopic (exact) mass is 398 g/mol. The Morgan fingerprint density at radius 1 is 0.821 bits per heavy atom. The summed E-state index contributed by atoms with van der Waals surface area (Å²) in [4.78, 5) is 29.0. The molecule has 0 radical (unpaired) electrons. The molecule has 0 spiro atoms. The Bertz CT molecular complexity index is 1020. The molecule has 4 rings (SSSR count). The van der Waals surface area contributed by atoms with Gasteiger partial charge in [0.2, 0.25) is 0 Å². The van der Waals surface area contributed by atoms with Crippen molar-refractivity contribution in [3.63, 3.8) is 0 Å². The number of imide groups is 1. The van der Waals surface area contributed by atoms with Crippen LogP contribution in [0.3, 0.4) is 0 Å². The molecule has 2 heterocycles. The van der Waals surface area contributed by atoms with Crippen molar-refractivity contribution in [2.45, 2.75) is 30.6 Å². The molecule has 0 aliphatic carbocycles. The van der Waals surface area contributed by atoms with Crippen molar-refractivity contribution in [2.75, 3.05) is 29.1 Å². The Hall–Kier alpha value is -2.67. The average molecular weight is 398 g/mol. The number of fused-ring (bicyclic) bond motifs is 1. The average Bonchev–Trinajstić information content (AvgIpc) is 2.86. The maximum absolute atomic E-state index is 12.8. The molecule has 1 saturated heterocycles. The van der Waals surface area contributed by atoms with Gasteiger partial charge in [0.05, 0.1) is 27.4 Å². The van der Waals surface area contributed by atoms with Gasteiger partial charge in [-0.25, -0.2) is 13.3 Å². The predicted molar refractivity (Wildman–Crippen MR) is 108 cm³/mol. The van der Waals surface area contributed by atoms with Crippen LogP contribution < -0.4 is 9.80 Å². The highest BCUT2D eigenvalue weighted by Gasteiger charge is 2.37. The van der Waals surface area contributed by atoms with Crippen molar-refractivity contribution < 1.29 is 18.0 Å². The first-order valence-corrected chi connectivity index (χ1v) is 11.3. The van der Waals surface area contributed by atoms with E-state index in [1.54, 1.807) is 36.4 Å². The van der Waals surface area contributed by atoms with Gasteiger partial charge in [-0.15, -0.1) is 0 Å². The Balaban J connectivity index is 1.80. The summed E-state index contributed by atoms with van der Waals surface area (Å²) < 4.78 is 24.7. The number of carbonyl (C=O) groups excluding carboxylic acids is 2. The molecule has 7 heteroatoms. The van der Waals surface area contributed by atoms with Crippen LogP contribution in [0.15, 0.2) is 47.4 Å². The van der Waals surface area contributed by atoms with Crippen LogP contribution in [-0.2, 0) is 9.84 Å². The Morgan fingerprint density at radius 3 is 1.93 bits per heavy atom. The molecule has 0 aromatic heterocycles. The minimum atomic E-state index is -3.45. The van der Waals surface area contributed by atoms with Gasteiger partial charge in [-0.2, -0.15) is 0 Å². The van der Waals surface area contributed by atoms with Gasteiger partial charge in [0, 0.05) is 19.3 Å². The molecule has 2 aromatic rings. The van der Waals surface area contributed by atoms with Gasteiger partial charge in [-0.05, 0) is 43.2 Å². The highest BCUT2D eigenvalue weighted by Crippen LogP contribution is 2.35. The van der Waals surface area contributed by atoms with E-state index in [-0.39, 0.29) is 16.7 Å². The lowest BCUT2D eigenvalue weighted by molar-refractivity contribution is 0.0926. The zero-order valence-corrected chi connectivity index (χ0v) is 16.5. The third kappa shape index (κ3) is 3.20. The van der Waals surface area contributed by atoms with Crippen molar-refractivity contribution in [1.82, 2.24) is 0 Å². The van der Waals surface area contributed by atoms with E-state index in [9.17, 15) is 18.0 Å². The number of anilines is 2. The van der Waals surface area contributed by atoms with Gasteiger partial charge in [0.25, 0.3) is 11.8 Å². The first-order valence-electron chi connectivity index (χ1n) is 9.45. The zero-order valence-electron chi connectivity index (χ0n) is 15.7. The van der Waals surface area contributed by atoms with Crippen LogP contribution in [0.2, 0.25) is 0 Å². The molecule has 0 N–H and O–H groups in total. The van der Waals surface area contributed by atoms with Gasteiger partial charge in [0.15, 0.2) is 9.84 Å². The summed E-state index contributed by atoms with van der Waals surface area (Å²) in [6.45, 7) is 1.52. The molecule has 28 heavy (non-hydrogen) atoms. The van der Waals surface area contributed by atoms with Crippen molar-refractivity contribution in [1.29, 1.82) is 0 Å². The maximum Gasteiger partial charge on any atom is 0.266 e. The number of rotatable bonds is 3. The third-order valence-electron chi connectivity index (χ3n) is 5.34. The van der Waals surface area contributed by atoms with Crippen LogP contribution in [-0.4, -0.2) is 39.6 Å². The lowest BCUT2D eigenvalue weighted by Gasteiger charge is -2.26. The molecule has 0 saturated carbocycles. The van der Waals surface area contributed by atoms with Crippen molar-refractivity contribution in [3.8, 4) is 0 Å². The van der Waals surface area contributed by atoms with E-state index >= 15 is 0 Å². The molecule has 2 aromatic carbocycles. The molecule has 2 aliphatic rings. The highest BCUT2D eigenvalue weighted by atomic mass is 32.2. The van der Waals surface area contributed by atoms with Gasteiger partial charge in [-0.1, -0.05) is 25.0 Å². The van der Waals surface area contributed by atoms with E-state index in [1.165, 1.54) is 12.3 Å². The van der Waals surface area contributed by atoms with E-state index < -0.39 is 9.84 Å². The number of hydrogen-bond acceptors (Lipinski definition) is 5. The lowest BCUT2D eigenvalue weighted by atomic mass is 10.1. The molecule has 0 unspecified atom stereocenters. The second-order valence-electron chi connectivity index (χ2n) is 7.32.